The lowest BCUT2D eigenvalue weighted by Gasteiger charge is -2.37. The van der Waals surface area contributed by atoms with Crippen molar-refractivity contribution in [1.82, 2.24) is 9.97 Å². The zero-order chi connectivity index (χ0) is 23.2. The monoisotopic (exact) mass is 473 g/mol. The van der Waals surface area contributed by atoms with E-state index in [1.807, 2.05) is 17.3 Å². The summed E-state index contributed by atoms with van der Waals surface area (Å²) < 4.78 is 25.5. The number of hydrogen-bond acceptors (Lipinski definition) is 9. The molecule has 0 bridgehead atoms. The average molecular weight is 474 g/mol. The number of carbonyl (C=O) groups is 1. The molecule has 3 heterocycles. The van der Waals surface area contributed by atoms with Gasteiger partial charge < -0.3 is 29.9 Å². The summed E-state index contributed by atoms with van der Waals surface area (Å²) in [7, 11) is 0. The van der Waals surface area contributed by atoms with Crippen LogP contribution in [0.4, 0.5) is 21.7 Å². The molecule has 184 valence electrons. The molecule has 1 aromatic heterocycles. The maximum atomic E-state index is 15.1. The summed E-state index contributed by atoms with van der Waals surface area (Å²) in [6.07, 6.45) is 3.37. The quantitative estimate of drug-likeness (QED) is 0.352. The number of anilines is 3. The second-order valence-electron chi connectivity index (χ2n) is 7.93. The second kappa shape index (κ2) is 11.6. The average Bonchev–Trinajstić information content (AvgIpc) is 2.84. The highest BCUT2D eigenvalue weighted by atomic mass is 19.1. The van der Waals surface area contributed by atoms with Gasteiger partial charge in [-0.25, -0.2) is 14.4 Å². The van der Waals surface area contributed by atoms with Gasteiger partial charge in [-0.05, 0) is 6.07 Å². The Morgan fingerprint density at radius 2 is 1.71 bits per heavy atom. The fourth-order valence-electron chi connectivity index (χ4n) is 3.90. The summed E-state index contributed by atoms with van der Waals surface area (Å²) in [6.45, 7) is 5.44. The van der Waals surface area contributed by atoms with Crippen LogP contribution in [0.5, 0.6) is 0 Å². The molecule has 0 amide bonds. The van der Waals surface area contributed by atoms with E-state index < -0.39 is 11.8 Å². The topological polar surface area (TPSA) is 121 Å². The molecule has 0 spiro atoms. The Labute approximate surface area is 199 Å². The number of hydrogen-bond donors (Lipinski definition) is 2. The first-order chi connectivity index (χ1) is 16.0. The highest BCUT2D eigenvalue weighted by molar-refractivity contribution is 5.94. The number of carbonyl (C=O) groups excluding carboxylic acids is 1. The lowest BCUT2D eigenvalue weighted by Crippen LogP contribution is -2.47. The SMILES string of the molecule is C.N=C(N)CC(=O)OCc1cccc(N2CCN(c3cnc(N4CCOCC4)nc3)CC2)c1F. The molecule has 34 heavy (non-hydrogen) atoms. The van der Waals surface area contributed by atoms with Gasteiger partial charge in [0.15, 0.2) is 5.82 Å². The van der Waals surface area contributed by atoms with Gasteiger partial charge in [-0.15, -0.1) is 0 Å². The van der Waals surface area contributed by atoms with Crippen LogP contribution in [0.3, 0.4) is 0 Å². The molecule has 2 aliphatic rings. The van der Waals surface area contributed by atoms with E-state index in [-0.39, 0.29) is 26.3 Å². The van der Waals surface area contributed by atoms with Crippen molar-refractivity contribution in [1.29, 1.82) is 5.41 Å². The molecule has 2 fully saturated rings. The van der Waals surface area contributed by atoms with Crippen molar-refractivity contribution in [2.24, 2.45) is 5.73 Å². The van der Waals surface area contributed by atoms with Gasteiger partial charge in [-0.1, -0.05) is 19.6 Å². The van der Waals surface area contributed by atoms with Crippen LogP contribution < -0.4 is 20.4 Å². The van der Waals surface area contributed by atoms with Gasteiger partial charge in [0.1, 0.15) is 18.9 Å². The van der Waals surface area contributed by atoms with E-state index in [0.717, 1.165) is 18.8 Å². The van der Waals surface area contributed by atoms with Crippen LogP contribution in [0.25, 0.3) is 0 Å². The molecule has 0 radical (unpaired) electrons. The summed E-state index contributed by atoms with van der Waals surface area (Å²) in [5, 5.41) is 7.13. The van der Waals surface area contributed by atoms with Crippen molar-refractivity contribution in [2.45, 2.75) is 20.5 Å². The van der Waals surface area contributed by atoms with E-state index in [1.54, 1.807) is 18.2 Å². The van der Waals surface area contributed by atoms with E-state index in [1.165, 1.54) is 0 Å². The first kappa shape index (κ1) is 25.2. The first-order valence-corrected chi connectivity index (χ1v) is 10.9. The molecule has 3 N–H and O–H groups in total. The predicted octanol–water partition coefficient (Wildman–Crippen LogP) is 1.78. The molecule has 0 saturated carbocycles. The maximum Gasteiger partial charge on any atom is 0.313 e. The number of morpholine rings is 1. The third-order valence-electron chi connectivity index (χ3n) is 5.69. The van der Waals surface area contributed by atoms with Gasteiger partial charge in [0.2, 0.25) is 5.95 Å². The molecule has 2 aliphatic heterocycles. The van der Waals surface area contributed by atoms with Gasteiger partial charge in [0, 0.05) is 44.8 Å². The normalized spacial score (nSPS) is 16.1. The molecule has 10 nitrogen and oxygen atoms in total. The van der Waals surface area contributed by atoms with Gasteiger partial charge in [-0.3, -0.25) is 10.2 Å². The molecule has 4 rings (SSSR count). The minimum Gasteiger partial charge on any atom is -0.460 e. The van der Waals surface area contributed by atoms with Gasteiger partial charge in [0.25, 0.3) is 0 Å². The van der Waals surface area contributed by atoms with Crippen LogP contribution in [0.2, 0.25) is 0 Å². The molecular weight excluding hydrogens is 441 g/mol. The van der Waals surface area contributed by atoms with Crippen LogP contribution in [-0.2, 0) is 20.9 Å². The van der Waals surface area contributed by atoms with Crippen LogP contribution in [0.1, 0.15) is 19.4 Å². The summed E-state index contributed by atoms with van der Waals surface area (Å²) in [5.41, 5.74) is 6.91. The molecular formula is C23H32FN7O3. The number of ether oxygens (including phenoxy) is 2. The number of aromatic nitrogens is 2. The van der Waals surface area contributed by atoms with Crippen molar-refractivity contribution < 1.29 is 18.7 Å². The maximum absolute atomic E-state index is 15.1. The van der Waals surface area contributed by atoms with Crippen LogP contribution in [0.15, 0.2) is 30.6 Å². The molecule has 0 atom stereocenters. The highest BCUT2D eigenvalue weighted by Crippen LogP contribution is 2.26. The van der Waals surface area contributed by atoms with Crippen molar-refractivity contribution >= 4 is 29.1 Å². The molecule has 2 aromatic rings. The standard InChI is InChI=1S/C22H28FN7O3.CH4/c23-21-16(15-33-20(31)12-19(24)25)2-1-3-18(21)29-6-4-28(5-7-29)17-13-26-22(27-14-17)30-8-10-32-11-9-30;/h1-3,13-14H,4-12,15H2,(H3,24,25);1H4. The summed E-state index contributed by atoms with van der Waals surface area (Å²) >= 11 is 0. The minimum absolute atomic E-state index is 0. The van der Waals surface area contributed by atoms with E-state index in [4.69, 9.17) is 20.6 Å². The zero-order valence-electron chi connectivity index (χ0n) is 18.4. The Bertz CT molecular complexity index is 975. The van der Waals surface area contributed by atoms with Crippen molar-refractivity contribution in [2.75, 3.05) is 67.2 Å². The van der Waals surface area contributed by atoms with Crippen LogP contribution in [-0.4, -0.2) is 74.3 Å². The second-order valence-corrected chi connectivity index (χ2v) is 7.93. The lowest BCUT2D eigenvalue weighted by molar-refractivity contribution is -0.143. The number of nitrogens with one attached hydrogen (secondary N) is 1. The number of amidine groups is 1. The Morgan fingerprint density at radius 1 is 1.06 bits per heavy atom. The van der Waals surface area contributed by atoms with E-state index >= 15 is 4.39 Å². The summed E-state index contributed by atoms with van der Waals surface area (Å²) in [4.78, 5) is 26.9. The Kier molecular flexibility index (Phi) is 8.58. The van der Waals surface area contributed by atoms with Crippen LogP contribution in [0, 0.1) is 11.2 Å². The van der Waals surface area contributed by atoms with Gasteiger partial charge >= 0.3 is 5.97 Å². The van der Waals surface area contributed by atoms with E-state index in [0.29, 0.717) is 56.6 Å². The number of benzene rings is 1. The number of nitrogens with zero attached hydrogens (tertiary/aromatic N) is 5. The molecule has 0 aliphatic carbocycles. The van der Waals surface area contributed by atoms with E-state index in [9.17, 15) is 4.79 Å². The number of nitrogens with two attached hydrogens (primary N) is 1. The number of esters is 1. The van der Waals surface area contributed by atoms with Crippen molar-refractivity contribution in [3.8, 4) is 0 Å². The third kappa shape index (κ3) is 6.10. The minimum atomic E-state index is -0.650. The Morgan fingerprint density at radius 3 is 2.35 bits per heavy atom. The van der Waals surface area contributed by atoms with Gasteiger partial charge in [0.05, 0.1) is 37.0 Å². The van der Waals surface area contributed by atoms with Crippen molar-refractivity contribution in [3.05, 3.63) is 42.0 Å². The van der Waals surface area contributed by atoms with Crippen LogP contribution >= 0.6 is 0 Å². The Balaban J connectivity index is 0.00000324. The fraction of sp³-hybridized carbons (Fsp3) is 0.478. The highest BCUT2D eigenvalue weighted by Gasteiger charge is 2.22. The van der Waals surface area contributed by atoms with Gasteiger partial charge in [-0.2, -0.15) is 0 Å². The smallest absolute Gasteiger partial charge is 0.313 e. The Hall–Kier alpha value is -3.47. The lowest BCUT2D eigenvalue weighted by atomic mass is 10.1. The molecule has 0 unspecified atom stereocenters. The summed E-state index contributed by atoms with van der Waals surface area (Å²) in [5.74, 6) is -0.626. The molecule has 2 saturated heterocycles. The third-order valence-corrected chi connectivity index (χ3v) is 5.69. The largest absolute Gasteiger partial charge is 0.460 e. The fourth-order valence-corrected chi connectivity index (χ4v) is 3.90. The predicted molar refractivity (Wildman–Crippen MR) is 129 cm³/mol. The molecule has 1 aromatic carbocycles. The molecule has 11 heteroatoms. The van der Waals surface area contributed by atoms with Crippen molar-refractivity contribution in [3.63, 3.8) is 0 Å². The summed E-state index contributed by atoms with van der Waals surface area (Å²) in [6, 6.07) is 5.06. The zero-order valence-corrected chi connectivity index (χ0v) is 18.4. The number of rotatable bonds is 7. The van der Waals surface area contributed by atoms with E-state index in [2.05, 4.69) is 19.8 Å². The number of halogens is 1. The first-order valence-electron chi connectivity index (χ1n) is 10.9. The number of piperazine rings is 1.